The first kappa shape index (κ1) is 22.1. The van der Waals surface area contributed by atoms with Crippen LogP contribution in [0, 0.1) is 0 Å². The molecule has 0 aliphatic rings. The van der Waals surface area contributed by atoms with Crippen LogP contribution in [0.4, 0.5) is 0 Å². The van der Waals surface area contributed by atoms with E-state index in [2.05, 4.69) is 4.98 Å². The summed E-state index contributed by atoms with van der Waals surface area (Å²) in [4.78, 5) is 16.8. The summed E-state index contributed by atoms with van der Waals surface area (Å²) in [7, 11) is -2.86. The number of amides is 1. The van der Waals surface area contributed by atoms with Crippen molar-refractivity contribution >= 4 is 39.1 Å². The van der Waals surface area contributed by atoms with Gasteiger partial charge in [0.15, 0.2) is 5.69 Å². The van der Waals surface area contributed by atoms with E-state index in [-0.39, 0.29) is 21.5 Å². The fraction of sp³-hybridized carbons (Fsp3) is 0.200. The topological polar surface area (TPSA) is 90.3 Å². The van der Waals surface area contributed by atoms with E-state index >= 15 is 0 Å². The van der Waals surface area contributed by atoms with Crippen molar-refractivity contribution in [3.63, 3.8) is 0 Å². The van der Waals surface area contributed by atoms with Crippen molar-refractivity contribution in [1.29, 1.82) is 0 Å². The highest BCUT2D eigenvalue weighted by atomic mass is 35.5. The van der Waals surface area contributed by atoms with Gasteiger partial charge in [0.1, 0.15) is 17.0 Å². The Labute approximate surface area is 184 Å². The fourth-order valence-corrected chi connectivity index (χ4v) is 4.61. The van der Waals surface area contributed by atoms with Gasteiger partial charge in [-0.1, -0.05) is 43.1 Å². The summed E-state index contributed by atoms with van der Waals surface area (Å²) in [6.07, 6.45) is 1.46. The Morgan fingerprint density at radius 1 is 1.17 bits per heavy atom. The minimum absolute atomic E-state index is 0.00688. The molecule has 0 aliphatic heterocycles. The van der Waals surface area contributed by atoms with Gasteiger partial charge in [-0.15, -0.1) is 0 Å². The van der Waals surface area contributed by atoms with Crippen LogP contribution in [0.2, 0.25) is 10.0 Å². The van der Waals surface area contributed by atoms with Crippen LogP contribution in [0.15, 0.2) is 53.7 Å². The molecule has 1 heterocycles. The summed E-state index contributed by atoms with van der Waals surface area (Å²) in [5.74, 6) is -0.700. The second-order valence-corrected chi connectivity index (χ2v) is 9.21. The Hall–Kier alpha value is -2.55. The average Bonchev–Trinajstić information content (AvgIpc) is 3.13. The molecule has 1 N–H and O–H groups in total. The number of nitrogens with zero attached hydrogens (tertiary/aromatic N) is 2. The molecule has 1 aromatic heterocycles. The molecule has 0 bridgehead atoms. The van der Waals surface area contributed by atoms with E-state index in [0.29, 0.717) is 22.2 Å². The van der Waals surface area contributed by atoms with Gasteiger partial charge in [-0.25, -0.2) is 18.1 Å². The number of rotatable bonds is 6. The zero-order valence-electron chi connectivity index (χ0n) is 16.4. The number of ether oxygens (including phenoxy) is 1. The van der Waals surface area contributed by atoms with Gasteiger partial charge in [0, 0.05) is 16.8 Å². The highest BCUT2D eigenvalue weighted by Crippen LogP contribution is 2.28. The van der Waals surface area contributed by atoms with Crippen LogP contribution in [-0.2, 0) is 10.0 Å². The minimum atomic E-state index is -4.26. The quantitative estimate of drug-likeness (QED) is 0.578. The van der Waals surface area contributed by atoms with Crippen molar-refractivity contribution in [2.45, 2.75) is 24.7 Å². The summed E-state index contributed by atoms with van der Waals surface area (Å²) >= 11 is 12.1. The van der Waals surface area contributed by atoms with Crippen LogP contribution in [0.5, 0.6) is 5.75 Å². The fourth-order valence-electron chi connectivity index (χ4n) is 2.96. The number of methoxy groups -OCH3 is 1. The standard InChI is InChI=1S/C20H19Cl2N3O4S/c1-12(2)19-18(23-11-25(19)14-6-4-5-13(21)9-14)20(26)24-30(27,28)17-10-15(29-3)7-8-16(17)22/h4-12H,1-3H3,(H,24,26). The van der Waals surface area contributed by atoms with E-state index in [1.54, 1.807) is 22.8 Å². The minimum Gasteiger partial charge on any atom is -0.497 e. The summed E-state index contributed by atoms with van der Waals surface area (Å²) < 4.78 is 34.4. The first-order chi connectivity index (χ1) is 14.1. The lowest BCUT2D eigenvalue weighted by Crippen LogP contribution is -2.32. The summed E-state index contributed by atoms with van der Waals surface area (Å²) in [5.41, 5.74) is 1.24. The molecule has 0 saturated carbocycles. The molecule has 0 spiro atoms. The van der Waals surface area contributed by atoms with Crippen molar-refractivity contribution in [3.05, 3.63) is 70.2 Å². The molecular formula is C20H19Cl2N3O4S. The van der Waals surface area contributed by atoms with Gasteiger partial charge in [-0.2, -0.15) is 0 Å². The van der Waals surface area contributed by atoms with Gasteiger partial charge in [0.25, 0.3) is 15.9 Å². The van der Waals surface area contributed by atoms with Crippen molar-refractivity contribution in [1.82, 2.24) is 14.3 Å². The number of imidazole rings is 1. The highest BCUT2D eigenvalue weighted by Gasteiger charge is 2.27. The van der Waals surface area contributed by atoms with Gasteiger partial charge in [-0.3, -0.25) is 4.79 Å². The van der Waals surface area contributed by atoms with E-state index in [1.165, 1.54) is 31.6 Å². The zero-order valence-corrected chi connectivity index (χ0v) is 18.7. The summed E-state index contributed by atoms with van der Waals surface area (Å²) in [6, 6.07) is 11.2. The van der Waals surface area contributed by atoms with Crippen LogP contribution in [0.1, 0.15) is 35.9 Å². The lowest BCUT2D eigenvalue weighted by atomic mass is 10.1. The third kappa shape index (κ3) is 4.45. The van der Waals surface area contributed by atoms with Crippen molar-refractivity contribution in [3.8, 4) is 11.4 Å². The molecule has 0 saturated heterocycles. The smallest absolute Gasteiger partial charge is 0.285 e. The van der Waals surface area contributed by atoms with Gasteiger partial charge in [0.05, 0.1) is 17.8 Å². The van der Waals surface area contributed by atoms with E-state index in [1.807, 2.05) is 24.6 Å². The molecule has 2 aromatic carbocycles. The molecule has 3 aromatic rings. The van der Waals surface area contributed by atoms with Crippen LogP contribution >= 0.6 is 23.2 Å². The molecule has 30 heavy (non-hydrogen) atoms. The predicted octanol–water partition coefficient (Wildman–Crippen LogP) is 4.43. The van der Waals surface area contributed by atoms with Crippen LogP contribution in [0.25, 0.3) is 5.69 Å². The number of hydrogen-bond donors (Lipinski definition) is 1. The Balaban J connectivity index is 2.00. The van der Waals surface area contributed by atoms with Crippen molar-refractivity contribution in [2.75, 3.05) is 7.11 Å². The van der Waals surface area contributed by atoms with Crippen LogP contribution in [0.3, 0.4) is 0 Å². The lowest BCUT2D eigenvalue weighted by Gasteiger charge is -2.14. The molecule has 0 radical (unpaired) electrons. The summed E-state index contributed by atoms with van der Waals surface area (Å²) in [5, 5.41) is 0.488. The number of hydrogen-bond acceptors (Lipinski definition) is 5. The third-order valence-corrected chi connectivity index (χ3v) is 6.36. The number of nitrogens with one attached hydrogen (secondary N) is 1. The molecule has 1 amide bonds. The molecule has 7 nitrogen and oxygen atoms in total. The highest BCUT2D eigenvalue weighted by molar-refractivity contribution is 7.90. The van der Waals surface area contributed by atoms with Crippen LogP contribution < -0.4 is 9.46 Å². The van der Waals surface area contributed by atoms with Crippen molar-refractivity contribution < 1.29 is 17.9 Å². The van der Waals surface area contributed by atoms with E-state index in [0.717, 1.165) is 0 Å². The number of sulfonamides is 1. The van der Waals surface area contributed by atoms with Gasteiger partial charge >= 0.3 is 0 Å². The monoisotopic (exact) mass is 467 g/mol. The molecular weight excluding hydrogens is 449 g/mol. The number of aromatic nitrogens is 2. The molecule has 0 unspecified atom stereocenters. The summed E-state index contributed by atoms with van der Waals surface area (Å²) in [6.45, 7) is 3.75. The van der Waals surface area contributed by atoms with E-state index < -0.39 is 15.9 Å². The first-order valence-corrected chi connectivity index (χ1v) is 11.1. The SMILES string of the molecule is COc1ccc(Cl)c(S(=O)(=O)NC(=O)c2ncn(-c3cccc(Cl)c3)c2C(C)C)c1. The van der Waals surface area contributed by atoms with Gasteiger partial charge < -0.3 is 9.30 Å². The van der Waals surface area contributed by atoms with Crippen LogP contribution in [-0.4, -0.2) is 31.0 Å². The largest absolute Gasteiger partial charge is 0.497 e. The molecule has 0 fully saturated rings. The van der Waals surface area contributed by atoms with E-state index in [9.17, 15) is 13.2 Å². The molecule has 10 heteroatoms. The normalized spacial score (nSPS) is 11.5. The molecule has 0 aliphatic carbocycles. The number of carbonyl (C=O) groups excluding carboxylic acids is 1. The predicted molar refractivity (Wildman–Crippen MR) is 115 cm³/mol. The van der Waals surface area contributed by atoms with Gasteiger partial charge in [0.2, 0.25) is 0 Å². The Morgan fingerprint density at radius 2 is 1.90 bits per heavy atom. The Bertz CT molecular complexity index is 1210. The van der Waals surface area contributed by atoms with Crippen molar-refractivity contribution in [2.24, 2.45) is 0 Å². The number of carbonyl (C=O) groups is 1. The lowest BCUT2D eigenvalue weighted by molar-refractivity contribution is 0.0975. The third-order valence-electron chi connectivity index (χ3n) is 4.31. The van der Waals surface area contributed by atoms with Gasteiger partial charge in [-0.05, 0) is 36.2 Å². The maximum atomic E-state index is 12.9. The first-order valence-electron chi connectivity index (χ1n) is 8.88. The molecule has 158 valence electrons. The average molecular weight is 468 g/mol. The number of benzene rings is 2. The van der Waals surface area contributed by atoms with E-state index in [4.69, 9.17) is 27.9 Å². The Morgan fingerprint density at radius 3 is 2.53 bits per heavy atom. The molecule has 0 atom stereocenters. The maximum absolute atomic E-state index is 12.9. The second-order valence-electron chi connectivity index (χ2n) is 6.71. The second kappa shape index (κ2) is 8.67. The zero-order chi connectivity index (χ0) is 22.1. The molecule has 3 rings (SSSR count). The Kier molecular flexibility index (Phi) is 6.40. The maximum Gasteiger partial charge on any atom is 0.285 e. The number of halogens is 2.